The van der Waals surface area contributed by atoms with Gasteiger partial charge in [0, 0.05) is 11.6 Å². The number of ether oxygens (including phenoxy) is 1. The Bertz CT molecular complexity index is 307. The monoisotopic (exact) mass is 199 g/mol. The first-order valence-electron chi connectivity index (χ1n) is 3.51. The average Bonchev–Trinajstić information content (AvgIpc) is 2.67. The molecule has 5 heteroatoms. The van der Waals surface area contributed by atoms with Gasteiger partial charge in [-0.15, -0.1) is 11.3 Å². The van der Waals surface area contributed by atoms with E-state index in [0.717, 1.165) is 0 Å². The maximum atomic E-state index is 10.9. The maximum absolute atomic E-state index is 10.9. The van der Waals surface area contributed by atoms with Gasteiger partial charge in [-0.2, -0.15) is 0 Å². The van der Waals surface area contributed by atoms with Gasteiger partial charge in [0.25, 0.3) is 0 Å². The van der Waals surface area contributed by atoms with Gasteiger partial charge in [0.15, 0.2) is 0 Å². The number of nitrogens with zero attached hydrogens (tertiary/aromatic N) is 1. The van der Waals surface area contributed by atoms with Crippen LogP contribution in [-0.4, -0.2) is 23.2 Å². The Morgan fingerprint density at radius 1 is 1.85 bits per heavy atom. The Hall–Kier alpha value is -1.20. The standard InChI is InChI=1S/C8H9NO3S/c1-5(8(11)12-2)6(10)7-9-3-4-13-7/h3-4,6,10H,1H2,2H3. The van der Waals surface area contributed by atoms with Gasteiger partial charge in [0.05, 0.1) is 12.7 Å². The van der Waals surface area contributed by atoms with Crippen molar-refractivity contribution in [3.05, 3.63) is 28.7 Å². The first kappa shape index (κ1) is 9.88. The predicted octanol–water partition coefficient (Wildman–Crippen LogP) is 0.906. The lowest BCUT2D eigenvalue weighted by molar-refractivity contribution is -0.137. The van der Waals surface area contributed by atoms with Crippen LogP contribution in [0.25, 0.3) is 0 Å². The summed E-state index contributed by atoms with van der Waals surface area (Å²) in [5.74, 6) is -0.622. The molecule has 70 valence electrons. The fourth-order valence-electron chi connectivity index (χ4n) is 0.761. The van der Waals surface area contributed by atoms with E-state index in [-0.39, 0.29) is 5.57 Å². The second kappa shape index (κ2) is 4.15. The van der Waals surface area contributed by atoms with Crippen molar-refractivity contribution in [1.29, 1.82) is 0 Å². The number of aliphatic hydroxyl groups excluding tert-OH is 1. The number of thiazole rings is 1. The first-order valence-corrected chi connectivity index (χ1v) is 4.39. The van der Waals surface area contributed by atoms with Crippen LogP contribution in [0.5, 0.6) is 0 Å². The van der Waals surface area contributed by atoms with Crippen LogP contribution in [0, 0.1) is 0 Å². The Kier molecular flexibility index (Phi) is 3.16. The molecule has 1 aromatic rings. The highest BCUT2D eigenvalue weighted by molar-refractivity contribution is 7.09. The number of esters is 1. The molecule has 1 atom stereocenters. The summed E-state index contributed by atoms with van der Waals surface area (Å²) in [6.07, 6.45) is 0.487. The van der Waals surface area contributed by atoms with Crippen LogP contribution in [-0.2, 0) is 9.53 Å². The minimum atomic E-state index is -1.06. The molecule has 1 heterocycles. The molecule has 0 aromatic carbocycles. The molecule has 0 saturated heterocycles. The molecule has 1 aromatic heterocycles. The molecule has 0 saturated carbocycles. The lowest BCUT2D eigenvalue weighted by Crippen LogP contribution is -2.11. The summed E-state index contributed by atoms with van der Waals surface area (Å²) in [6.45, 7) is 3.42. The number of carbonyl (C=O) groups excluding carboxylic acids is 1. The SMILES string of the molecule is C=C(C(=O)OC)C(O)c1nccs1. The molecule has 0 aliphatic rings. The minimum Gasteiger partial charge on any atom is -0.466 e. The molecule has 0 amide bonds. The van der Waals surface area contributed by atoms with E-state index in [1.807, 2.05) is 0 Å². The number of aromatic nitrogens is 1. The Morgan fingerprint density at radius 2 is 2.54 bits per heavy atom. The number of rotatable bonds is 3. The van der Waals surface area contributed by atoms with E-state index in [2.05, 4.69) is 16.3 Å². The lowest BCUT2D eigenvalue weighted by Gasteiger charge is -2.07. The lowest BCUT2D eigenvalue weighted by atomic mass is 10.2. The van der Waals surface area contributed by atoms with Crippen LogP contribution in [0.3, 0.4) is 0 Å². The molecule has 1 rings (SSSR count). The smallest absolute Gasteiger partial charge is 0.336 e. The molecule has 0 radical (unpaired) electrons. The van der Waals surface area contributed by atoms with E-state index in [1.165, 1.54) is 18.4 Å². The van der Waals surface area contributed by atoms with Gasteiger partial charge < -0.3 is 9.84 Å². The largest absolute Gasteiger partial charge is 0.466 e. The van der Waals surface area contributed by atoms with Crippen molar-refractivity contribution in [3.63, 3.8) is 0 Å². The van der Waals surface area contributed by atoms with Crippen molar-refractivity contribution >= 4 is 17.3 Å². The fourth-order valence-corrected chi connectivity index (χ4v) is 1.42. The van der Waals surface area contributed by atoms with Crippen LogP contribution >= 0.6 is 11.3 Å². The molecule has 0 aliphatic carbocycles. The molecule has 13 heavy (non-hydrogen) atoms. The highest BCUT2D eigenvalue weighted by atomic mass is 32.1. The van der Waals surface area contributed by atoms with E-state index >= 15 is 0 Å². The summed E-state index contributed by atoms with van der Waals surface area (Å²) in [5, 5.41) is 11.7. The van der Waals surface area contributed by atoms with Crippen molar-refractivity contribution in [1.82, 2.24) is 4.98 Å². The zero-order valence-corrected chi connectivity index (χ0v) is 7.87. The normalized spacial score (nSPS) is 12.2. The van der Waals surface area contributed by atoms with Gasteiger partial charge in [0.2, 0.25) is 0 Å². The van der Waals surface area contributed by atoms with Crippen LogP contribution < -0.4 is 0 Å². The first-order chi connectivity index (χ1) is 6.16. The summed E-state index contributed by atoms with van der Waals surface area (Å²) in [6, 6.07) is 0. The van der Waals surface area contributed by atoms with Gasteiger partial charge in [-0.3, -0.25) is 0 Å². The molecule has 0 bridgehead atoms. The highest BCUT2D eigenvalue weighted by Crippen LogP contribution is 2.22. The minimum absolute atomic E-state index is 0.00236. The van der Waals surface area contributed by atoms with E-state index in [0.29, 0.717) is 5.01 Å². The number of aliphatic hydroxyl groups is 1. The zero-order chi connectivity index (χ0) is 9.84. The molecule has 1 N–H and O–H groups in total. The Labute approximate surface area is 79.5 Å². The quantitative estimate of drug-likeness (QED) is 0.580. The van der Waals surface area contributed by atoms with Crippen LogP contribution in [0.1, 0.15) is 11.1 Å². The zero-order valence-electron chi connectivity index (χ0n) is 7.06. The Balaban J connectivity index is 2.74. The fraction of sp³-hybridized carbons (Fsp3) is 0.250. The van der Waals surface area contributed by atoms with Crippen molar-refractivity contribution in [2.24, 2.45) is 0 Å². The summed E-state index contributed by atoms with van der Waals surface area (Å²) in [4.78, 5) is 14.8. The van der Waals surface area contributed by atoms with Crippen molar-refractivity contribution in [2.75, 3.05) is 7.11 Å². The van der Waals surface area contributed by atoms with Crippen molar-refractivity contribution in [2.45, 2.75) is 6.10 Å². The number of hydrogen-bond acceptors (Lipinski definition) is 5. The highest BCUT2D eigenvalue weighted by Gasteiger charge is 2.20. The average molecular weight is 199 g/mol. The van der Waals surface area contributed by atoms with Gasteiger partial charge in [-0.05, 0) is 0 Å². The molecular weight excluding hydrogens is 190 g/mol. The third-order valence-corrected chi connectivity index (χ3v) is 2.29. The van der Waals surface area contributed by atoms with Crippen LogP contribution in [0.15, 0.2) is 23.7 Å². The van der Waals surface area contributed by atoms with Crippen molar-refractivity contribution in [3.8, 4) is 0 Å². The van der Waals surface area contributed by atoms with E-state index in [1.54, 1.807) is 11.6 Å². The summed E-state index contributed by atoms with van der Waals surface area (Å²) >= 11 is 1.26. The number of hydrogen-bond donors (Lipinski definition) is 1. The van der Waals surface area contributed by atoms with Crippen LogP contribution in [0.4, 0.5) is 0 Å². The van der Waals surface area contributed by atoms with Crippen molar-refractivity contribution < 1.29 is 14.6 Å². The van der Waals surface area contributed by atoms with E-state index in [9.17, 15) is 9.90 Å². The third-order valence-electron chi connectivity index (χ3n) is 1.46. The van der Waals surface area contributed by atoms with E-state index < -0.39 is 12.1 Å². The predicted molar refractivity (Wildman–Crippen MR) is 48.2 cm³/mol. The molecular formula is C8H9NO3S. The van der Waals surface area contributed by atoms with Gasteiger partial charge >= 0.3 is 5.97 Å². The molecule has 1 unspecified atom stereocenters. The summed E-state index contributed by atoms with van der Waals surface area (Å²) in [7, 11) is 1.24. The summed E-state index contributed by atoms with van der Waals surface area (Å²) < 4.78 is 4.41. The number of carbonyl (C=O) groups is 1. The van der Waals surface area contributed by atoms with Gasteiger partial charge in [0.1, 0.15) is 11.1 Å². The second-order valence-corrected chi connectivity index (χ2v) is 3.22. The number of methoxy groups -OCH3 is 1. The molecule has 4 nitrogen and oxygen atoms in total. The topological polar surface area (TPSA) is 59.4 Å². The Morgan fingerprint density at radius 3 is 3.00 bits per heavy atom. The molecule has 0 aliphatic heterocycles. The van der Waals surface area contributed by atoms with E-state index in [4.69, 9.17) is 0 Å². The van der Waals surface area contributed by atoms with Gasteiger partial charge in [-0.1, -0.05) is 6.58 Å². The second-order valence-electron chi connectivity index (χ2n) is 2.29. The summed E-state index contributed by atoms with van der Waals surface area (Å²) in [5.41, 5.74) is -0.00236. The third kappa shape index (κ3) is 2.13. The molecule has 0 spiro atoms. The van der Waals surface area contributed by atoms with Gasteiger partial charge in [-0.25, -0.2) is 9.78 Å². The van der Waals surface area contributed by atoms with Crippen LogP contribution in [0.2, 0.25) is 0 Å². The maximum Gasteiger partial charge on any atom is 0.336 e. The molecule has 0 fully saturated rings.